The molecule has 196 valence electrons. The number of ether oxygens (including phenoxy) is 1. The van der Waals surface area contributed by atoms with Gasteiger partial charge in [-0.05, 0) is 48.4 Å². The third-order valence-electron chi connectivity index (χ3n) is 5.22. The van der Waals surface area contributed by atoms with Crippen LogP contribution >= 0.6 is 0 Å². The summed E-state index contributed by atoms with van der Waals surface area (Å²) < 4.78 is 126. The van der Waals surface area contributed by atoms with Gasteiger partial charge in [-0.15, -0.1) is 0 Å². The summed E-state index contributed by atoms with van der Waals surface area (Å²) >= 11 is 0. The third kappa shape index (κ3) is 5.71. The Hall–Kier alpha value is -3.38. The molecule has 1 aromatic heterocycles. The second kappa shape index (κ2) is 9.58. The van der Waals surface area contributed by atoms with E-state index in [1.165, 1.54) is 0 Å². The van der Waals surface area contributed by atoms with E-state index in [0.717, 1.165) is 23.9 Å². The van der Waals surface area contributed by atoms with Crippen LogP contribution < -0.4 is 4.74 Å². The Morgan fingerprint density at radius 2 is 1.44 bits per heavy atom. The Morgan fingerprint density at radius 1 is 0.861 bits per heavy atom. The maximum Gasteiger partial charge on any atom is 0.435 e. The van der Waals surface area contributed by atoms with E-state index in [-0.39, 0.29) is 29.7 Å². The zero-order chi connectivity index (χ0) is 27.1. The molecule has 0 spiro atoms. The van der Waals surface area contributed by atoms with E-state index in [2.05, 4.69) is 5.10 Å². The van der Waals surface area contributed by atoms with Gasteiger partial charge in [-0.2, -0.15) is 44.6 Å². The van der Waals surface area contributed by atoms with Gasteiger partial charge in [0.05, 0.1) is 29.0 Å². The number of hydrogen-bond donors (Lipinski definition) is 1. The Kier molecular flexibility index (Phi) is 7.24. The van der Waals surface area contributed by atoms with Crippen LogP contribution in [0.3, 0.4) is 0 Å². The van der Waals surface area contributed by atoms with Crippen LogP contribution in [-0.2, 0) is 25.6 Å². The lowest BCUT2D eigenvalue weighted by atomic mass is 9.95. The minimum Gasteiger partial charge on any atom is -0.506 e. The first kappa shape index (κ1) is 27.2. The molecule has 0 saturated carbocycles. The largest absolute Gasteiger partial charge is 0.506 e. The van der Waals surface area contributed by atoms with Crippen LogP contribution in [0.25, 0.3) is 22.4 Å². The van der Waals surface area contributed by atoms with Crippen molar-refractivity contribution in [2.24, 2.45) is 7.05 Å². The number of alkyl halides is 9. The number of hydrogen-bond acceptors (Lipinski definition) is 3. The Balaban J connectivity index is 2.31. The van der Waals surface area contributed by atoms with Gasteiger partial charge in [0.2, 0.25) is 0 Å². The molecular formula is C23H19F9N2O2. The number of aryl methyl sites for hydroxylation is 1. The first-order chi connectivity index (χ1) is 16.5. The molecule has 0 amide bonds. The van der Waals surface area contributed by atoms with Crippen LogP contribution in [0.15, 0.2) is 36.4 Å². The van der Waals surface area contributed by atoms with Crippen molar-refractivity contribution < 1.29 is 49.4 Å². The van der Waals surface area contributed by atoms with Gasteiger partial charge in [-0.25, -0.2) is 0 Å². The molecule has 0 saturated heterocycles. The highest BCUT2D eigenvalue weighted by Crippen LogP contribution is 2.47. The minimum absolute atomic E-state index is 0.0251. The highest BCUT2D eigenvalue weighted by atomic mass is 19.4. The number of benzene rings is 2. The number of unbranched alkanes of at least 4 members (excludes halogenated alkanes) is 1. The molecule has 0 aliphatic heterocycles. The van der Waals surface area contributed by atoms with Crippen molar-refractivity contribution in [3.63, 3.8) is 0 Å². The predicted molar refractivity (Wildman–Crippen MR) is 111 cm³/mol. The molecule has 0 bridgehead atoms. The lowest BCUT2D eigenvalue weighted by Crippen LogP contribution is -2.11. The Labute approximate surface area is 198 Å². The van der Waals surface area contributed by atoms with Crippen molar-refractivity contribution in [3.8, 4) is 33.9 Å². The van der Waals surface area contributed by atoms with E-state index in [9.17, 15) is 44.6 Å². The number of rotatable bonds is 6. The predicted octanol–water partition coefficient (Wildman–Crippen LogP) is 7.70. The molecule has 0 radical (unpaired) electrons. The average molecular weight is 526 g/mol. The number of aromatic hydroxyl groups is 1. The quantitative estimate of drug-likeness (QED) is 0.265. The molecule has 13 heteroatoms. The van der Waals surface area contributed by atoms with E-state index in [4.69, 9.17) is 4.74 Å². The van der Waals surface area contributed by atoms with Crippen molar-refractivity contribution in [1.82, 2.24) is 9.78 Å². The van der Waals surface area contributed by atoms with E-state index < -0.39 is 52.2 Å². The summed E-state index contributed by atoms with van der Waals surface area (Å²) in [5.41, 5.74) is -6.35. The molecule has 0 fully saturated rings. The molecule has 1 N–H and O–H groups in total. The van der Waals surface area contributed by atoms with Crippen LogP contribution in [0.5, 0.6) is 11.5 Å². The zero-order valence-electron chi connectivity index (χ0n) is 18.7. The Morgan fingerprint density at radius 3 is 1.92 bits per heavy atom. The lowest BCUT2D eigenvalue weighted by molar-refractivity contribution is -0.143. The van der Waals surface area contributed by atoms with Crippen LogP contribution in [0, 0.1) is 0 Å². The number of phenols is 1. The van der Waals surface area contributed by atoms with Gasteiger partial charge in [-0.3, -0.25) is 4.68 Å². The van der Waals surface area contributed by atoms with Crippen molar-refractivity contribution in [2.45, 2.75) is 38.3 Å². The second-order valence-corrected chi connectivity index (χ2v) is 7.87. The summed E-state index contributed by atoms with van der Waals surface area (Å²) in [6, 6.07) is 3.65. The molecule has 0 aliphatic carbocycles. The van der Waals surface area contributed by atoms with E-state index in [1.54, 1.807) is 0 Å². The summed E-state index contributed by atoms with van der Waals surface area (Å²) in [5.74, 6) is -1.11. The van der Waals surface area contributed by atoms with Crippen molar-refractivity contribution in [2.75, 3.05) is 6.61 Å². The molecule has 1 heterocycles. The monoisotopic (exact) mass is 526 g/mol. The standard InChI is InChI=1S/C23H19F9N2O2/c1-3-4-7-36-17-6-5-15(16-11-18(23(30,31)32)33-34(16)2)20(35)19(17)12-8-13(21(24,25)26)10-14(9-12)22(27,28)29/h5-6,8-11,35H,3-4,7H2,1-2H3. The van der Waals surface area contributed by atoms with Gasteiger partial charge in [0, 0.05) is 12.6 Å². The third-order valence-corrected chi connectivity index (χ3v) is 5.22. The van der Waals surface area contributed by atoms with Gasteiger partial charge >= 0.3 is 18.5 Å². The smallest absolute Gasteiger partial charge is 0.435 e. The number of phenolic OH excluding ortho intramolecular Hbond substituents is 1. The van der Waals surface area contributed by atoms with Crippen LogP contribution in [-0.4, -0.2) is 21.5 Å². The molecule has 4 nitrogen and oxygen atoms in total. The van der Waals surface area contributed by atoms with Gasteiger partial charge < -0.3 is 9.84 Å². The van der Waals surface area contributed by atoms with Crippen molar-refractivity contribution in [3.05, 3.63) is 53.2 Å². The second-order valence-electron chi connectivity index (χ2n) is 7.87. The van der Waals surface area contributed by atoms with Gasteiger partial charge in [-0.1, -0.05) is 13.3 Å². The van der Waals surface area contributed by atoms with Crippen molar-refractivity contribution in [1.29, 1.82) is 0 Å². The van der Waals surface area contributed by atoms with Crippen molar-refractivity contribution >= 4 is 0 Å². The number of nitrogens with zero attached hydrogens (tertiary/aromatic N) is 2. The maximum absolute atomic E-state index is 13.4. The molecule has 0 unspecified atom stereocenters. The average Bonchev–Trinajstić information content (AvgIpc) is 3.14. The van der Waals surface area contributed by atoms with Gasteiger partial charge in [0.25, 0.3) is 0 Å². The normalized spacial score (nSPS) is 12.8. The summed E-state index contributed by atoms with van der Waals surface area (Å²) in [5, 5.41) is 14.3. The highest BCUT2D eigenvalue weighted by Gasteiger charge is 2.38. The molecule has 2 aromatic carbocycles. The summed E-state index contributed by atoms with van der Waals surface area (Å²) in [6.07, 6.45) is -14.0. The maximum atomic E-state index is 13.4. The minimum atomic E-state index is -5.16. The molecule has 0 atom stereocenters. The fourth-order valence-electron chi connectivity index (χ4n) is 3.46. The lowest BCUT2D eigenvalue weighted by Gasteiger charge is -2.19. The molecule has 3 rings (SSSR count). The van der Waals surface area contributed by atoms with E-state index in [0.29, 0.717) is 31.0 Å². The molecule has 3 aromatic rings. The van der Waals surface area contributed by atoms with Gasteiger partial charge in [0.1, 0.15) is 11.5 Å². The zero-order valence-corrected chi connectivity index (χ0v) is 18.7. The van der Waals surface area contributed by atoms with Crippen LogP contribution in [0.2, 0.25) is 0 Å². The van der Waals surface area contributed by atoms with Gasteiger partial charge in [0.15, 0.2) is 5.69 Å². The summed E-state index contributed by atoms with van der Waals surface area (Å²) in [7, 11) is 1.14. The first-order valence-corrected chi connectivity index (χ1v) is 10.4. The van der Waals surface area contributed by atoms with Crippen LogP contribution in [0.1, 0.15) is 36.6 Å². The summed E-state index contributed by atoms with van der Waals surface area (Å²) in [4.78, 5) is 0. The van der Waals surface area contributed by atoms with Crippen LogP contribution in [0.4, 0.5) is 39.5 Å². The number of halogens is 9. The first-order valence-electron chi connectivity index (χ1n) is 10.4. The Bertz CT molecular complexity index is 1210. The summed E-state index contributed by atoms with van der Waals surface area (Å²) in [6.45, 7) is 1.84. The molecule has 36 heavy (non-hydrogen) atoms. The highest BCUT2D eigenvalue weighted by molar-refractivity contribution is 5.86. The van der Waals surface area contributed by atoms with E-state index >= 15 is 0 Å². The number of aromatic nitrogens is 2. The SMILES string of the molecule is CCCCOc1ccc(-c2cc(C(F)(F)F)nn2C)c(O)c1-c1cc(C(F)(F)F)cc(C(F)(F)F)c1. The molecular weight excluding hydrogens is 507 g/mol. The fraction of sp³-hybridized carbons (Fsp3) is 0.348. The van der Waals surface area contributed by atoms with E-state index in [1.807, 2.05) is 6.92 Å². The molecule has 0 aliphatic rings. The topological polar surface area (TPSA) is 47.3 Å². The fourth-order valence-corrected chi connectivity index (χ4v) is 3.46.